The van der Waals surface area contributed by atoms with E-state index in [9.17, 15) is 15.2 Å². The summed E-state index contributed by atoms with van der Waals surface area (Å²) in [5.41, 5.74) is 5.75. The molecule has 3 N–H and O–H groups in total. The Labute approximate surface area is 164 Å². The average Bonchev–Trinajstić information content (AvgIpc) is 3.20. The first-order valence-corrected chi connectivity index (χ1v) is 8.43. The maximum Gasteiger partial charge on any atom is 0.231 e. The van der Waals surface area contributed by atoms with Crippen LogP contribution in [0, 0.1) is 11.3 Å². The molecule has 1 aromatic heterocycles. The van der Waals surface area contributed by atoms with Crippen molar-refractivity contribution < 1.29 is 33.2 Å². The Morgan fingerprint density at radius 3 is 2.66 bits per heavy atom. The van der Waals surface area contributed by atoms with Crippen LogP contribution in [0.2, 0.25) is 0 Å². The maximum absolute atomic E-state index is 12.5. The Bertz CT molecular complexity index is 1130. The molecule has 0 radical (unpaired) electrons. The lowest BCUT2D eigenvalue weighted by molar-refractivity contribution is 0.170. The Hall–Kier alpha value is -3.84. The predicted molar refractivity (Wildman–Crippen MR) is 95.9 cm³/mol. The molecule has 2 aliphatic heterocycles. The quantitative estimate of drug-likeness (QED) is 0.764. The topological polar surface area (TPSA) is 146 Å². The lowest BCUT2D eigenvalue weighted by Crippen LogP contribution is -2.25. The number of fused-ring (bicyclic) bond motifs is 2. The van der Waals surface area contributed by atoms with Crippen molar-refractivity contribution in [3.8, 4) is 34.8 Å². The standard InChI is InChI=1S/C19H16N2O8/c1-24-14-9(4-12-16(18(14)25-2)27-7-26-12)13-10(5-20)19(21)29-15-11(23)3-8(6-22)28-17(13)15/h3-4,13,22H,6-7,21H2,1-2H3/t13-/m1/s1. The Balaban J connectivity index is 2.06. The monoisotopic (exact) mass is 400 g/mol. The Kier molecular flexibility index (Phi) is 4.44. The van der Waals surface area contributed by atoms with Crippen LogP contribution in [0.3, 0.4) is 0 Å². The molecule has 0 bridgehead atoms. The molecular weight excluding hydrogens is 384 g/mol. The number of nitriles is 1. The van der Waals surface area contributed by atoms with E-state index in [1.54, 1.807) is 6.07 Å². The van der Waals surface area contributed by atoms with Gasteiger partial charge in [0.25, 0.3) is 0 Å². The molecule has 2 aliphatic rings. The highest BCUT2D eigenvalue weighted by atomic mass is 16.7. The minimum atomic E-state index is -0.971. The van der Waals surface area contributed by atoms with Crippen molar-refractivity contribution >= 4 is 0 Å². The van der Waals surface area contributed by atoms with Gasteiger partial charge in [0.2, 0.25) is 35.4 Å². The fourth-order valence-corrected chi connectivity index (χ4v) is 3.40. The van der Waals surface area contributed by atoms with Crippen molar-refractivity contribution in [2.75, 3.05) is 21.0 Å². The Morgan fingerprint density at radius 1 is 1.24 bits per heavy atom. The molecule has 0 saturated carbocycles. The van der Waals surface area contributed by atoms with Crippen LogP contribution in [-0.2, 0) is 6.61 Å². The van der Waals surface area contributed by atoms with Crippen molar-refractivity contribution in [1.82, 2.24) is 0 Å². The SMILES string of the molecule is COc1c([C@@H]2C(C#N)=C(N)Oc3c2oc(CO)cc3=O)cc2c(c1OC)OCO2. The van der Waals surface area contributed by atoms with Gasteiger partial charge in [-0.05, 0) is 6.07 Å². The van der Waals surface area contributed by atoms with Gasteiger partial charge in [-0.25, -0.2) is 0 Å². The second kappa shape index (κ2) is 6.96. The summed E-state index contributed by atoms with van der Waals surface area (Å²) in [5.74, 6) is -0.174. The highest BCUT2D eigenvalue weighted by molar-refractivity contribution is 5.68. The summed E-state index contributed by atoms with van der Waals surface area (Å²) >= 11 is 0. The number of nitrogens with zero attached hydrogens (tertiary/aromatic N) is 1. The van der Waals surface area contributed by atoms with E-state index in [-0.39, 0.29) is 47.0 Å². The second-order valence-electron chi connectivity index (χ2n) is 6.12. The van der Waals surface area contributed by atoms with Crippen LogP contribution in [0.25, 0.3) is 0 Å². The van der Waals surface area contributed by atoms with E-state index in [1.807, 2.05) is 6.07 Å². The van der Waals surface area contributed by atoms with Gasteiger partial charge < -0.3 is 38.9 Å². The number of nitrogens with two attached hydrogens (primary N) is 1. The lowest BCUT2D eigenvalue weighted by atomic mass is 9.86. The predicted octanol–water partition coefficient (Wildman–Crippen LogP) is 1.10. The molecule has 4 rings (SSSR count). The van der Waals surface area contributed by atoms with Crippen LogP contribution >= 0.6 is 0 Å². The molecular formula is C19H16N2O8. The highest BCUT2D eigenvalue weighted by Gasteiger charge is 2.39. The summed E-state index contributed by atoms with van der Waals surface area (Å²) in [6.45, 7) is -0.534. The zero-order valence-corrected chi connectivity index (χ0v) is 15.5. The van der Waals surface area contributed by atoms with Gasteiger partial charge in [-0.15, -0.1) is 0 Å². The van der Waals surface area contributed by atoms with Gasteiger partial charge in [-0.3, -0.25) is 4.79 Å². The fourth-order valence-electron chi connectivity index (χ4n) is 3.40. The smallest absolute Gasteiger partial charge is 0.231 e. The van der Waals surface area contributed by atoms with Gasteiger partial charge in [-0.2, -0.15) is 5.26 Å². The number of allylic oxidation sites excluding steroid dienone is 1. The summed E-state index contributed by atoms with van der Waals surface area (Å²) in [5, 5.41) is 19.2. The van der Waals surface area contributed by atoms with E-state index in [4.69, 9.17) is 33.8 Å². The van der Waals surface area contributed by atoms with Crippen LogP contribution in [0.15, 0.2) is 32.8 Å². The number of methoxy groups -OCH3 is 2. The molecule has 0 spiro atoms. The van der Waals surface area contributed by atoms with Gasteiger partial charge in [0.15, 0.2) is 17.3 Å². The number of hydrogen-bond donors (Lipinski definition) is 2. The molecule has 29 heavy (non-hydrogen) atoms. The van der Waals surface area contributed by atoms with Crippen LogP contribution in [0.4, 0.5) is 0 Å². The van der Waals surface area contributed by atoms with Crippen molar-refractivity contribution in [3.05, 3.63) is 50.9 Å². The number of ether oxygens (including phenoxy) is 5. The van der Waals surface area contributed by atoms with Crippen molar-refractivity contribution in [2.24, 2.45) is 5.73 Å². The van der Waals surface area contributed by atoms with Crippen molar-refractivity contribution in [2.45, 2.75) is 12.5 Å². The molecule has 150 valence electrons. The summed E-state index contributed by atoms with van der Waals surface area (Å²) in [6.07, 6.45) is 0. The molecule has 3 heterocycles. The third-order valence-corrected chi connectivity index (χ3v) is 4.61. The maximum atomic E-state index is 12.5. The molecule has 0 saturated heterocycles. The molecule has 0 unspecified atom stereocenters. The van der Waals surface area contributed by atoms with E-state index >= 15 is 0 Å². The van der Waals surface area contributed by atoms with E-state index in [0.717, 1.165) is 6.07 Å². The number of hydrogen-bond acceptors (Lipinski definition) is 10. The molecule has 0 aliphatic carbocycles. The third kappa shape index (κ3) is 2.71. The largest absolute Gasteiger partial charge is 0.492 e. The van der Waals surface area contributed by atoms with Gasteiger partial charge >= 0.3 is 0 Å². The zero-order chi connectivity index (χ0) is 20.7. The molecule has 1 aromatic carbocycles. The minimum Gasteiger partial charge on any atom is -0.492 e. The summed E-state index contributed by atoms with van der Waals surface area (Å²) in [6, 6.07) is 4.69. The molecule has 0 amide bonds. The summed E-state index contributed by atoms with van der Waals surface area (Å²) in [4.78, 5) is 12.5. The molecule has 1 atom stereocenters. The highest BCUT2D eigenvalue weighted by Crippen LogP contribution is 2.54. The van der Waals surface area contributed by atoms with E-state index in [1.165, 1.54) is 14.2 Å². The first-order valence-electron chi connectivity index (χ1n) is 8.43. The zero-order valence-electron chi connectivity index (χ0n) is 15.5. The van der Waals surface area contributed by atoms with Crippen LogP contribution in [0.5, 0.6) is 28.7 Å². The normalized spacial score (nSPS) is 16.7. The first kappa shape index (κ1) is 18.5. The van der Waals surface area contributed by atoms with Gasteiger partial charge in [0, 0.05) is 11.6 Å². The average molecular weight is 400 g/mol. The lowest BCUT2D eigenvalue weighted by Gasteiger charge is -2.26. The Morgan fingerprint density at radius 2 is 2.00 bits per heavy atom. The van der Waals surface area contributed by atoms with E-state index in [2.05, 4.69) is 0 Å². The minimum absolute atomic E-state index is 0.00467. The third-order valence-electron chi connectivity index (χ3n) is 4.61. The molecule has 10 heteroatoms. The van der Waals surface area contributed by atoms with Crippen molar-refractivity contribution in [3.63, 3.8) is 0 Å². The van der Waals surface area contributed by atoms with Crippen LogP contribution < -0.4 is 34.8 Å². The molecule has 10 nitrogen and oxygen atoms in total. The first-order chi connectivity index (χ1) is 14.0. The van der Waals surface area contributed by atoms with Gasteiger partial charge in [0.1, 0.15) is 24.0 Å². The number of rotatable bonds is 4. The van der Waals surface area contributed by atoms with Gasteiger partial charge in [0.05, 0.1) is 20.1 Å². The van der Waals surface area contributed by atoms with Crippen molar-refractivity contribution in [1.29, 1.82) is 5.26 Å². The van der Waals surface area contributed by atoms with Crippen LogP contribution in [-0.4, -0.2) is 26.1 Å². The van der Waals surface area contributed by atoms with Gasteiger partial charge in [-0.1, -0.05) is 0 Å². The van der Waals surface area contributed by atoms with Crippen LogP contribution in [0.1, 0.15) is 23.0 Å². The number of benzene rings is 1. The summed E-state index contributed by atoms with van der Waals surface area (Å²) < 4.78 is 32.9. The fraction of sp³-hybridized carbons (Fsp3) is 0.263. The number of aliphatic hydroxyl groups excluding tert-OH is 1. The van der Waals surface area contributed by atoms with E-state index < -0.39 is 18.0 Å². The number of aliphatic hydroxyl groups is 1. The van der Waals surface area contributed by atoms with E-state index in [0.29, 0.717) is 17.1 Å². The molecule has 2 aromatic rings. The second-order valence-corrected chi connectivity index (χ2v) is 6.12. The summed E-state index contributed by atoms with van der Waals surface area (Å²) in [7, 11) is 2.85. The molecule has 0 fully saturated rings.